The van der Waals surface area contributed by atoms with Crippen LogP contribution >= 0.6 is 11.8 Å². The summed E-state index contributed by atoms with van der Waals surface area (Å²) in [5.41, 5.74) is 4.90. The molecule has 0 bridgehead atoms. The maximum absolute atomic E-state index is 13.0. The molecule has 4 aromatic rings. The average molecular weight is 483 g/mol. The minimum Gasteiger partial charge on any atom is -0.318 e. The highest BCUT2D eigenvalue weighted by Gasteiger charge is 2.19. The highest BCUT2D eigenvalue weighted by atomic mass is 32.2. The average Bonchev–Trinajstić information content (AvgIpc) is 3.36. The van der Waals surface area contributed by atoms with Gasteiger partial charge >= 0.3 is 0 Å². The number of hydrogen-bond acceptors (Lipinski definition) is 7. The molecule has 2 aromatic carbocycles. The van der Waals surface area contributed by atoms with Gasteiger partial charge in [-0.15, -0.1) is 5.10 Å². The number of hydrogen-bond donors (Lipinski definition) is 1. The van der Waals surface area contributed by atoms with Crippen molar-refractivity contribution in [3.05, 3.63) is 77.1 Å². The summed E-state index contributed by atoms with van der Waals surface area (Å²) >= 11 is 1.27. The summed E-state index contributed by atoms with van der Waals surface area (Å²) in [5.74, 6) is 0.111. The van der Waals surface area contributed by atoms with E-state index in [1.54, 1.807) is 16.8 Å². The largest absolute Gasteiger partial charge is 0.318 e. The van der Waals surface area contributed by atoms with E-state index in [-0.39, 0.29) is 16.4 Å². The molecule has 2 aromatic heterocycles. The van der Waals surface area contributed by atoms with Crippen molar-refractivity contribution >= 4 is 27.6 Å². The van der Waals surface area contributed by atoms with Crippen LogP contribution in [0.5, 0.6) is 0 Å². The molecular formula is C22H22N6O3S2. The van der Waals surface area contributed by atoms with Crippen molar-refractivity contribution in [2.45, 2.75) is 30.8 Å². The monoisotopic (exact) mass is 482 g/mol. The lowest BCUT2D eigenvalue weighted by Gasteiger charge is -2.10. The SMILES string of the molecule is Cc1ccc(-n2nnnc2SCC(=O)c2cc(C)n(-c3ccc(S(N)(=O)=O)cc3)c2C)cc1. The van der Waals surface area contributed by atoms with Crippen LogP contribution in [0.25, 0.3) is 11.4 Å². The van der Waals surface area contributed by atoms with E-state index in [0.29, 0.717) is 10.7 Å². The van der Waals surface area contributed by atoms with E-state index in [9.17, 15) is 13.2 Å². The van der Waals surface area contributed by atoms with Crippen LogP contribution in [0.4, 0.5) is 0 Å². The lowest BCUT2D eigenvalue weighted by Crippen LogP contribution is -2.12. The van der Waals surface area contributed by atoms with Crippen LogP contribution in [-0.4, -0.2) is 44.7 Å². The molecule has 33 heavy (non-hydrogen) atoms. The first-order chi connectivity index (χ1) is 15.6. The first-order valence-electron chi connectivity index (χ1n) is 9.99. The van der Waals surface area contributed by atoms with Crippen LogP contribution in [0.3, 0.4) is 0 Å². The van der Waals surface area contributed by atoms with Crippen molar-refractivity contribution in [3.8, 4) is 11.4 Å². The Hall–Kier alpha value is -3.28. The van der Waals surface area contributed by atoms with Gasteiger partial charge in [-0.1, -0.05) is 29.5 Å². The number of nitrogens with two attached hydrogens (primary N) is 1. The van der Waals surface area contributed by atoms with Crippen LogP contribution in [-0.2, 0) is 10.0 Å². The van der Waals surface area contributed by atoms with Gasteiger partial charge in [0, 0.05) is 22.6 Å². The Morgan fingerprint density at radius 3 is 2.27 bits per heavy atom. The fraction of sp³-hybridized carbons (Fsp3) is 0.182. The number of carbonyl (C=O) groups is 1. The van der Waals surface area contributed by atoms with Crippen LogP contribution in [0, 0.1) is 20.8 Å². The van der Waals surface area contributed by atoms with Gasteiger partial charge < -0.3 is 4.57 Å². The number of Topliss-reactive ketones (excluding diaryl/α,β-unsaturated/α-hetero) is 1. The first kappa shape index (κ1) is 22.9. The number of sulfonamides is 1. The van der Waals surface area contributed by atoms with Crippen molar-refractivity contribution in [2.75, 3.05) is 5.75 Å². The molecule has 0 spiro atoms. The first-order valence-corrected chi connectivity index (χ1v) is 12.5. The van der Waals surface area contributed by atoms with Crippen molar-refractivity contribution in [2.24, 2.45) is 5.14 Å². The van der Waals surface area contributed by atoms with Gasteiger partial charge in [-0.05, 0) is 73.7 Å². The third kappa shape index (κ3) is 4.75. The summed E-state index contributed by atoms with van der Waals surface area (Å²) in [6.45, 7) is 5.75. The summed E-state index contributed by atoms with van der Waals surface area (Å²) < 4.78 is 26.5. The van der Waals surface area contributed by atoms with Gasteiger partial charge in [0.15, 0.2) is 5.78 Å². The fourth-order valence-electron chi connectivity index (χ4n) is 3.55. The molecule has 0 atom stereocenters. The number of thioether (sulfide) groups is 1. The Balaban J connectivity index is 1.54. The Bertz CT molecular complexity index is 1420. The molecule has 0 aliphatic carbocycles. The minimum absolute atomic E-state index is 0.0349. The minimum atomic E-state index is -3.77. The second-order valence-corrected chi connectivity index (χ2v) is 10.1. The molecule has 2 heterocycles. The zero-order valence-corrected chi connectivity index (χ0v) is 19.9. The number of tetrazole rings is 1. The van der Waals surface area contributed by atoms with Gasteiger partial charge in [-0.25, -0.2) is 13.6 Å². The van der Waals surface area contributed by atoms with Gasteiger partial charge in [0.1, 0.15) is 0 Å². The molecule has 9 nitrogen and oxygen atoms in total. The van der Waals surface area contributed by atoms with Gasteiger partial charge in [0.05, 0.1) is 16.3 Å². The summed E-state index contributed by atoms with van der Waals surface area (Å²) in [4.78, 5) is 13.1. The Morgan fingerprint density at radius 2 is 1.64 bits per heavy atom. The molecule has 0 aliphatic heterocycles. The van der Waals surface area contributed by atoms with Crippen LogP contribution in [0.15, 0.2) is 64.6 Å². The number of benzene rings is 2. The molecule has 0 unspecified atom stereocenters. The van der Waals surface area contributed by atoms with Crippen LogP contribution in [0.1, 0.15) is 27.3 Å². The topological polar surface area (TPSA) is 126 Å². The zero-order chi connectivity index (χ0) is 23.8. The van der Waals surface area contributed by atoms with Gasteiger partial charge in [0.2, 0.25) is 15.2 Å². The number of aryl methyl sites for hydroxylation is 2. The number of aromatic nitrogens is 5. The molecule has 0 saturated carbocycles. The number of rotatable bonds is 7. The molecule has 170 valence electrons. The lowest BCUT2D eigenvalue weighted by molar-refractivity contribution is 0.102. The summed E-state index contributed by atoms with van der Waals surface area (Å²) in [6, 6.07) is 15.9. The second kappa shape index (κ2) is 8.93. The molecule has 0 saturated heterocycles. The lowest BCUT2D eigenvalue weighted by atomic mass is 10.2. The third-order valence-corrected chi connectivity index (χ3v) is 7.06. The molecule has 0 fully saturated rings. The number of primary sulfonamides is 1. The zero-order valence-electron chi connectivity index (χ0n) is 18.3. The summed E-state index contributed by atoms with van der Waals surface area (Å²) in [5, 5.41) is 17.5. The maximum Gasteiger partial charge on any atom is 0.238 e. The Morgan fingerprint density at radius 1 is 1.00 bits per heavy atom. The third-order valence-electron chi connectivity index (χ3n) is 5.21. The normalized spacial score (nSPS) is 11.6. The number of nitrogens with zero attached hydrogens (tertiary/aromatic N) is 5. The maximum atomic E-state index is 13.0. The predicted molar refractivity (Wildman–Crippen MR) is 126 cm³/mol. The summed E-state index contributed by atoms with van der Waals surface area (Å²) in [7, 11) is -3.77. The molecule has 0 aliphatic rings. The smallest absolute Gasteiger partial charge is 0.238 e. The van der Waals surface area contributed by atoms with Crippen molar-refractivity contribution < 1.29 is 13.2 Å². The fourth-order valence-corrected chi connectivity index (χ4v) is 4.84. The van der Waals surface area contributed by atoms with E-state index < -0.39 is 10.0 Å². The van der Waals surface area contributed by atoms with Gasteiger partial charge in [-0.3, -0.25) is 4.79 Å². The van der Waals surface area contributed by atoms with E-state index in [1.165, 1.54) is 23.9 Å². The molecular weight excluding hydrogens is 460 g/mol. The molecule has 11 heteroatoms. The van der Waals surface area contributed by atoms with E-state index in [2.05, 4.69) is 15.5 Å². The summed E-state index contributed by atoms with van der Waals surface area (Å²) in [6.07, 6.45) is 0. The van der Waals surface area contributed by atoms with Gasteiger partial charge in [0.25, 0.3) is 0 Å². The molecule has 4 rings (SSSR count). The Labute approximate surface area is 195 Å². The molecule has 2 N–H and O–H groups in total. The predicted octanol–water partition coefficient (Wildman–Crippen LogP) is 3.00. The van der Waals surface area contributed by atoms with E-state index in [4.69, 9.17) is 5.14 Å². The number of carbonyl (C=O) groups excluding carboxylic acids is 1. The van der Waals surface area contributed by atoms with Gasteiger partial charge in [-0.2, -0.15) is 4.68 Å². The van der Waals surface area contributed by atoms with Crippen LogP contribution in [0.2, 0.25) is 0 Å². The highest BCUT2D eigenvalue weighted by molar-refractivity contribution is 7.99. The molecule has 0 amide bonds. The quantitative estimate of drug-likeness (QED) is 0.317. The van der Waals surface area contributed by atoms with E-state index in [1.807, 2.05) is 55.7 Å². The second-order valence-electron chi connectivity index (χ2n) is 7.58. The molecule has 0 radical (unpaired) electrons. The Kier molecular flexibility index (Phi) is 6.19. The van der Waals surface area contributed by atoms with Crippen molar-refractivity contribution in [3.63, 3.8) is 0 Å². The number of ketones is 1. The van der Waals surface area contributed by atoms with E-state index >= 15 is 0 Å². The standard InChI is InChI=1S/C22H22N6O3S2/c1-14-4-6-18(7-5-14)28-22(24-25-26-28)32-13-21(29)20-12-15(2)27(16(20)3)17-8-10-19(11-9-17)33(23,30)31/h4-12H,13H2,1-3H3,(H2,23,30,31). The van der Waals surface area contributed by atoms with Crippen LogP contribution < -0.4 is 5.14 Å². The van der Waals surface area contributed by atoms with Crippen molar-refractivity contribution in [1.82, 2.24) is 24.8 Å². The highest BCUT2D eigenvalue weighted by Crippen LogP contribution is 2.25. The van der Waals surface area contributed by atoms with E-state index in [0.717, 1.165) is 28.3 Å². The van der Waals surface area contributed by atoms with Crippen molar-refractivity contribution in [1.29, 1.82) is 0 Å².